The summed E-state index contributed by atoms with van der Waals surface area (Å²) in [4.78, 5) is 37.7. The number of aliphatic carboxylic acids is 1. The molecule has 1 aliphatic heterocycles. The number of carboxylic acids is 1. The van der Waals surface area contributed by atoms with Gasteiger partial charge >= 0.3 is 12.1 Å². The van der Waals surface area contributed by atoms with Crippen molar-refractivity contribution in [2.75, 3.05) is 18.5 Å². The van der Waals surface area contributed by atoms with Gasteiger partial charge in [-0.2, -0.15) is 13.2 Å². The Kier molecular flexibility index (Phi) is 7.82. The molecule has 4 rings (SSSR count). The molecule has 12 heteroatoms. The second-order valence-electron chi connectivity index (χ2n) is 7.94. The molecule has 0 saturated carbocycles. The maximum absolute atomic E-state index is 12.5. The van der Waals surface area contributed by atoms with E-state index in [1.165, 1.54) is 0 Å². The molecule has 2 aromatic heterocycles. The molecule has 3 aromatic rings. The first-order valence-electron chi connectivity index (χ1n) is 10.6. The van der Waals surface area contributed by atoms with Crippen LogP contribution in [0.4, 0.5) is 19.1 Å². The fraction of sp³-hybridized carbons (Fsp3) is 0.409. The number of H-pyrrole nitrogens is 1. The monoisotopic (exact) mass is 479 g/mol. The number of fused-ring (bicyclic) bond motifs is 1. The maximum atomic E-state index is 12.5. The van der Waals surface area contributed by atoms with Crippen molar-refractivity contribution in [2.45, 2.75) is 44.8 Å². The average Bonchev–Trinajstić information content (AvgIpc) is 2.79. The summed E-state index contributed by atoms with van der Waals surface area (Å²) in [5, 5.41) is 11.1. The lowest BCUT2D eigenvalue weighted by Crippen LogP contribution is -2.28. The number of carbonyl (C=O) groups is 1. The zero-order chi connectivity index (χ0) is 24.9. The van der Waals surface area contributed by atoms with Crippen molar-refractivity contribution in [3.05, 3.63) is 46.6 Å². The van der Waals surface area contributed by atoms with Gasteiger partial charge in [0.25, 0.3) is 5.56 Å². The molecule has 182 valence electrons. The molecule has 1 aromatic carbocycles. The molecule has 1 fully saturated rings. The van der Waals surface area contributed by atoms with Gasteiger partial charge in [0.05, 0.1) is 16.6 Å². The Morgan fingerprint density at radius 3 is 2.50 bits per heavy atom. The van der Waals surface area contributed by atoms with Gasteiger partial charge in [0, 0.05) is 36.9 Å². The third kappa shape index (κ3) is 6.50. The van der Waals surface area contributed by atoms with Crippen LogP contribution in [0.2, 0.25) is 0 Å². The van der Waals surface area contributed by atoms with E-state index in [2.05, 4.69) is 25.3 Å². The highest BCUT2D eigenvalue weighted by atomic mass is 19.4. The topological polar surface area (TPSA) is 130 Å². The van der Waals surface area contributed by atoms with E-state index in [9.17, 15) is 18.0 Å². The predicted octanol–water partition coefficient (Wildman–Crippen LogP) is 3.73. The number of rotatable bonds is 4. The second-order valence-corrected chi connectivity index (χ2v) is 7.94. The number of nitrogens with zero attached hydrogens (tertiary/aromatic N) is 3. The summed E-state index contributed by atoms with van der Waals surface area (Å²) in [6.07, 6.45) is -1.45. The largest absolute Gasteiger partial charge is 0.490 e. The summed E-state index contributed by atoms with van der Waals surface area (Å²) >= 11 is 0. The minimum atomic E-state index is -5.08. The molecule has 0 spiro atoms. The Labute approximate surface area is 192 Å². The SMILES string of the molecule is CC(C)c1nc2ccc(-c3ccnc(NC4CCOCC4)n3)cc2c(=O)[nH]1.O=C(O)C(F)(F)F. The number of carboxylic acid groups (broad SMARTS) is 1. The highest BCUT2D eigenvalue weighted by Crippen LogP contribution is 2.22. The molecule has 0 bridgehead atoms. The molecular weight excluding hydrogens is 455 g/mol. The number of aromatic amines is 1. The third-order valence-electron chi connectivity index (χ3n) is 5.02. The molecule has 1 saturated heterocycles. The van der Waals surface area contributed by atoms with Gasteiger partial charge < -0.3 is 20.1 Å². The molecule has 0 radical (unpaired) electrons. The molecule has 3 N–H and O–H groups in total. The molecule has 9 nitrogen and oxygen atoms in total. The van der Waals surface area contributed by atoms with Gasteiger partial charge in [-0.25, -0.2) is 19.7 Å². The molecule has 3 heterocycles. The van der Waals surface area contributed by atoms with Crippen LogP contribution in [-0.4, -0.2) is 56.4 Å². The lowest BCUT2D eigenvalue weighted by atomic mass is 10.1. The number of hydrogen-bond acceptors (Lipinski definition) is 7. The average molecular weight is 479 g/mol. The van der Waals surface area contributed by atoms with Crippen LogP contribution in [-0.2, 0) is 9.53 Å². The van der Waals surface area contributed by atoms with Crippen molar-refractivity contribution < 1.29 is 27.8 Å². The summed E-state index contributed by atoms with van der Waals surface area (Å²) in [5.74, 6) is -1.29. The zero-order valence-electron chi connectivity index (χ0n) is 18.5. The summed E-state index contributed by atoms with van der Waals surface area (Å²) in [5.41, 5.74) is 2.21. The number of aromatic nitrogens is 4. The Morgan fingerprint density at radius 1 is 1.21 bits per heavy atom. The van der Waals surface area contributed by atoms with E-state index >= 15 is 0 Å². The van der Waals surface area contributed by atoms with Crippen molar-refractivity contribution in [3.63, 3.8) is 0 Å². The second kappa shape index (κ2) is 10.6. The molecule has 1 aliphatic rings. The van der Waals surface area contributed by atoms with E-state index in [1.54, 1.807) is 6.20 Å². The van der Waals surface area contributed by atoms with Gasteiger partial charge in [-0.3, -0.25) is 4.79 Å². The summed E-state index contributed by atoms with van der Waals surface area (Å²) in [7, 11) is 0. The van der Waals surface area contributed by atoms with Gasteiger partial charge in [-0.05, 0) is 31.0 Å². The summed E-state index contributed by atoms with van der Waals surface area (Å²) < 4.78 is 37.1. The van der Waals surface area contributed by atoms with E-state index in [0.717, 1.165) is 37.3 Å². The van der Waals surface area contributed by atoms with Crippen molar-refractivity contribution in [2.24, 2.45) is 0 Å². The number of alkyl halides is 3. The van der Waals surface area contributed by atoms with Crippen LogP contribution >= 0.6 is 0 Å². The number of anilines is 1. The quantitative estimate of drug-likeness (QED) is 0.516. The third-order valence-corrected chi connectivity index (χ3v) is 5.02. The molecule has 34 heavy (non-hydrogen) atoms. The Hall–Kier alpha value is -3.54. The first-order valence-corrected chi connectivity index (χ1v) is 10.6. The van der Waals surface area contributed by atoms with Crippen molar-refractivity contribution >= 4 is 22.8 Å². The van der Waals surface area contributed by atoms with Crippen LogP contribution in [0.5, 0.6) is 0 Å². The first kappa shape index (κ1) is 25.1. The Balaban J connectivity index is 0.000000406. The van der Waals surface area contributed by atoms with Crippen molar-refractivity contribution in [1.82, 2.24) is 19.9 Å². The normalized spacial score (nSPS) is 14.5. The van der Waals surface area contributed by atoms with Crippen LogP contribution in [0.1, 0.15) is 38.4 Å². The summed E-state index contributed by atoms with van der Waals surface area (Å²) in [6.45, 7) is 5.53. The van der Waals surface area contributed by atoms with E-state index in [-0.39, 0.29) is 11.5 Å². The lowest BCUT2D eigenvalue weighted by molar-refractivity contribution is -0.192. The smallest absolute Gasteiger partial charge is 0.475 e. The zero-order valence-corrected chi connectivity index (χ0v) is 18.5. The standard InChI is InChI=1S/C20H23N5O2.C2HF3O2/c1-12(2)18-23-17-4-3-13(11-15(17)19(26)25-18)16-5-8-21-20(24-16)22-14-6-9-27-10-7-14;3-2(4,5)1(6)7/h3-5,8,11-12,14H,6-7,9-10H2,1-2H3,(H,21,22,24)(H,23,25,26);(H,6,7). The predicted molar refractivity (Wildman–Crippen MR) is 119 cm³/mol. The fourth-order valence-corrected chi connectivity index (χ4v) is 3.20. The number of hydrogen-bond donors (Lipinski definition) is 3. The molecule has 0 amide bonds. The number of benzene rings is 1. The van der Waals surface area contributed by atoms with Crippen molar-refractivity contribution in [1.29, 1.82) is 0 Å². The van der Waals surface area contributed by atoms with Crippen LogP contribution in [0, 0.1) is 0 Å². The number of nitrogens with one attached hydrogen (secondary N) is 2. The maximum Gasteiger partial charge on any atom is 0.490 e. The van der Waals surface area contributed by atoms with Gasteiger partial charge in [-0.15, -0.1) is 0 Å². The van der Waals surface area contributed by atoms with E-state index in [0.29, 0.717) is 28.7 Å². The van der Waals surface area contributed by atoms with E-state index in [4.69, 9.17) is 14.6 Å². The molecule has 0 atom stereocenters. The molecule has 0 aliphatic carbocycles. The van der Waals surface area contributed by atoms with Crippen LogP contribution in [0.3, 0.4) is 0 Å². The van der Waals surface area contributed by atoms with Crippen LogP contribution in [0.25, 0.3) is 22.2 Å². The number of halogens is 3. The van der Waals surface area contributed by atoms with Gasteiger partial charge in [-0.1, -0.05) is 19.9 Å². The first-order chi connectivity index (χ1) is 16.0. The van der Waals surface area contributed by atoms with Crippen LogP contribution < -0.4 is 10.9 Å². The summed E-state index contributed by atoms with van der Waals surface area (Å²) in [6, 6.07) is 7.83. The van der Waals surface area contributed by atoms with Crippen molar-refractivity contribution in [3.8, 4) is 11.3 Å². The highest BCUT2D eigenvalue weighted by Gasteiger charge is 2.38. The highest BCUT2D eigenvalue weighted by molar-refractivity contribution is 5.83. The molecule has 0 unspecified atom stereocenters. The van der Waals surface area contributed by atoms with E-state index in [1.807, 2.05) is 38.1 Å². The van der Waals surface area contributed by atoms with Crippen LogP contribution in [0.15, 0.2) is 35.3 Å². The Bertz CT molecular complexity index is 1210. The van der Waals surface area contributed by atoms with Gasteiger partial charge in [0.1, 0.15) is 5.82 Å². The minimum Gasteiger partial charge on any atom is -0.475 e. The van der Waals surface area contributed by atoms with E-state index < -0.39 is 12.1 Å². The van der Waals surface area contributed by atoms with Gasteiger partial charge in [0.15, 0.2) is 0 Å². The number of ether oxygens (including phenoxy) is 1. The lowest BCUT2D eigenvalue weighted by Gasteiger charge is -2.23. The Morgan fingerprint density at radius 2 is 1.88 bits per heavy atom. The minimum absolute atomic E-state index is 0.125. The van der Waals surface area contributed by atoms with Gasteiger partial charge in [0.2, 0.25) is 5.95 Å². The molecular formula is C22H24F3N5O4. The fourth-order valence-electron chi connectivity index (χ4n) is 3.20.